The molecule has 25 heavy (non-hydrogen) atoms. The molecule has 1 aromatic heterocycles. The number of amides is 1. The molecule has 2 aromatic rings. The van der Waals surface area contributed by atoms with Gasteiger partial charge in [0.05, 0.1) is 18.4 Å². The second kappa shape index (κ2) is 7.42. The minimum atomic E-state index is -0.533. The molecule has 1 aliphatic heterocycles. The highest BCUT2D eigenvalue weighted by atomic mass is 16.5. The number of carbonyl (C=O) groups excluding carboxylic acids is 2. The second-order valence-electron chi connectivity index (χ2n) is 6.24. The van der Waals surface area contributed by atoms with E-state index in [4.69, 9.17) is 4.74 Å². The smallest absolute Gasteiger partial charge is 0.287 e. The van der Waals surface area contributed by atoms with Gasteiger partial charge in [-0.15, -0.1) is 0 Å². The molecule has 0 saturated carbocycles. The van der Waals surface area contributed by atoms with Crippen molar-refractivity contribution in [2.24, 2.45) is 5.92 Å². The van der Waals surface area contributed by atoms with Gasteiger partial charge in [0.15, 0.2) is 0 Å². The number of carbonyl (C=O) groups is 2. The van der Waals surface area contributed by atoms with Crippen LogP contribution in [0.3, 0.4) is 0 Å². The number of benzene rings is 1. The summed E-state index contributed by atoms with van der Waals surface area (Å²) in [5.74, 6) is -0.353. The number of hydrogen-bond acceptors (Lipinski definition) is 5. The molecule has 1 amide bonds. The molecule has 1 N–H and O–H groups in total. The van der Waals surface area contributed by atoms with Crippen molar-refractivity contribution in [3.8, 4) is 17.0 Å². The molecule has 0 spiro atoms. The summed E-state index contributed by atoms with van der Waals surface area (Å²) in [6, 6.07) is 5.88. The van der Waals surface area contributed by atoms with Gasteiger partial charge in [-0.25, -0.2) is 0 Å². The number of ketones is 1. The number of hydrogen-bond donors (Lipinski definition) is 1. The van der Waals surface area contributed by atoms with Crippen molar-refractivity contribution in [2.75, 3.05) is 6.54 Å². The predicted molar refractivity (Wildman–Crippen MR) is 93.1 cm³/mol. The molecule has 130 valence electrons. The summed E-state index contributed by atoms with van der Waals surface area (Å²) in [5, 5.41) is 2.68. The van der Waals surface area contributed by atoms with E-state index in [2.05, 4.69) is 15.3 Å². The summed E-state index contributed by atoms with van der Waals surface area (Å²) in [7, 11) is 0. The predicted octanol–water partition coefficient (Wildman–Crippen LogP) is 2.18. The van der Waals surface area contributed by atoms with Crippen molar-refractivity contribution in [3.63, 3.8) is 0 Å². The summed E-state index contributed by atoms with van der Waals surface area (Å²) >= 11 is 0. The van der Waals surface area contributed by atoms with Crippen molar-refractivity contribution in [3.05, 3.63) is 42.4 Å². The molecule has 0 unspecified atom stereocenters. The van der Waals surface area contributed by atoms with Gasteiger partial charge < -0.3 is 10.1 Å². The first kappa shape index (κ1) is 17.1. The molecule has 3 rings (SSSR count). The van der Waals surface area contributed by atoms with Crippen LogP contribution in [0.25, 0.3) is 11.3 Å². The lowest BCUT2D eigenvalue weighted by atomic mass is 10.0. The first-order valence-electron chi connectivity index (χ1n) is 8.46. The monoisotopic (exact) mass is 339 g/mol. The maximum Gasteiger partial charge on any atom is 0.287 e. The zero-order chi connectivity index (χ0) is 17.8. The van der Waals surface area contributed by atoms with Gasteiger partial charge in [0, 0.05) is 30.3 Å². The van der Waals surface area contributed by atoms with Crippen LogP contribution in [0.5, 0.6) is 5.75 Å². The van der Waals surface area contributed by atoms with E-state index in [1.54, 1.807) is 25.5 Å². The molecule has 1 aromatic carbocycles. The fourth-order valence-corrected chi connectivity index (χ4v) is 2.74. The van der Waals surface area contributed by atoms with Crippen molar-refractivity contribution < 1.29 is 14.3 Å². The van der Waals surface area contributed by atoms with Gasteiger partial charge in [-0.05, 0) is 30.2 Å². The van der Waals surface area contributed by atoms with Gasteiger partial charge in [0.1, 0.15) is 11.9 Å². The molecule has 6 nitrogen and oxygen atoms in total. The Kier molecular flexibility index (Phi) is 5.07. The largest absolute Gasteiger partial charge is 0.488 e. The summed E-state index contributed by atoms with van der Waals surface area (Å²) < 4.78 is 5.85. The van der Waals surface area contributed by atoms with Crippen molar-refractivity contribution in [1.29, 1.82) is 0 Å². The molecule has 1 aliphatic rings. The Morgan fingerprint density at radius 1 is 1.36 bits per heavy atom. The average Bonchev–Trinajstić information content (AvgIpc) is 3.07. The number of fused-ring (bicyclic) bond motifs is 1. The number of aromatic nitrogens is 2. The lowest BCUT2D eigenvalue weighted by Crippen LogP contribution is -2.40. The summed E-state index contributed by atoms with van der Waals surface area (Å²) in [4.78, 5) is 32.1. The van der Waals surface area contributed by atoms with Gasteiger partial charge in [-0.2, -0.15) is 0 Å². The Morgan fingerprint density at radius 3 is 2.92 bits per heavy atom. The van der Waals surface area contributed by atoms with Crippen LogP contribution in [0.4, 0.5) is 0 Å². The second-order valence-corrected chi connectivity index (χ2v) is 6.24. The van der Waals surface area contributed by atoms with Crippen molar-refractivity contribution >= 4 is 11.7 Å². The van der Waals surface area contributed by atoms with E-state index in [0.29, 0.717) is 19.4 Å². The minimum absolute atomic E-state index is 0.166. The summed E-state index contributed by atoms with van der Waals surface area (Å²) in [6.45, 7) is 3.97. The van der Waals surface area contributed by atoms with Crippen LogP contribution < -0.4 is 10.1 Å². The Morgan fingerprint density at radius 2 is 2.20 bits per heavy atom. The highest BCUT2D eigenvalue weighted by Crippen LogP contribution is 2.32. The summed E-state index contributed by atoms with van der Waals surface area (Å²) in [6.07, 6.45) is 6.19. The Hall–Kier alpha value is -2.76. The van der Waals surface area contributed by atoms with Gasteiger partial charge in [0.25, 0.3) is 5.91 Å². The molecule has 6 heteroatoms. The molecule has 0 saturated heterocycles. The lowest BCUT2D eigenvalue weighted by molar-refractivity contribution is -0.140. The van der Waals surface area contributed by atoms with Crippen LogP contribution in [-0.4, -0.2) is 34.3 Å². The summed E-state index contributed by atoms with van der Waals surface area (Å²) in [5.41, 5.74) is 2.85. The topological polar surface area (TPSA) is 81.2 Å². The normalized spacial score (nSPS) is 16.6. The van der Waals surface area contributed by atoms with Crippen LogP contribution in [0, 0.1) is 5.92 Å². The zero-order valence-electron chi connectivity index (χ0n) is 14.4. The van der Waals surface area contributed by atoms with E-state index in [1.165, 1.54) is 0 Å². The first-order chi connectivity index (χ1) is 12.1. The van der Waals surface area contributed by atoms with Crippen LogP contribution in [0.15, 0.2) is 36.8 Å². The standard InChI is InChI=1S/C19H21N3O3/c1-3-12(2)18(23)19(24)22-10-15-9-14-8-13(4-5-17(14)25-15)16-11-20-6-7-21-16/h4-8,11-12,15H,3,9-10H2,1-2H3,(H,22,24)/t12-,15-/m1/s1. The lowest BCUT2D eigenvalue weighted by Gasteiger charge is -2.12. The minimum Gasteiger partial charge on any atom is -0.488 e. The maximum atomic E-state index is 11.9. The number of nitrogens with one attached hydrogen (secondary N) is 1. The maximum absolute atomic E-state index is 11.9. The highest BCUT2D eigenvalue weighted by molar-refractivity contribution is 6.36. The van der Waals surface area contributed by atoms with E-state index in [-0.39, 0.29) is 17.8 Å². The fraction of sp³-hybridized carbons (Fsp3) is 0.368. The number of Topliss-reactive ketones (excluding diaryl/α,β-unsaturated/α-hetero) is 1. The van der Waals surface area contributed by atoms with Gasteiger partial charge >= 0.3 is 0 Å². The molecule has 2 atom stereocenters. The van der Waals surface area contributed by atoms with Crippen LogP contribution >= 0.6 is 0 Å². The van der Waals surface area contributed by atoms with E-state index >= 15 is 0 Å². The number of ether oxygens (including phenoxy) is 1. The molecule has 0 radical (unpaired) electrons. The van der Waals surface area contributed by atoms with E-state index in [1.807, 2.05) is 25.1 Å². The van der Waals surface area contributed by atoms with E-state index in [0.717, 1.165) is 22.6 Å². The molecular formula is C19H21N3O3. The van der Waals surface area contributed by atoms with Gasteiger partial charge in [-0.3, -0.25) is 19.6 Å². The molecule has 0 fully saturated rings. The third-order valence-electron chi connectivity index (χ3n) is 4.43. The molecule has 0 aliphatic carbocycles. The van der Waals surface area contributed by atoms with Crippen LogP contribution in [-0.2, 0) is 16.0 Å². The molecule has 0 bridgehead atoms. The van der Waals surface area contributed by atoms with Crippen molar-refractivity contribution in [1.82, 2.24) is 15.3 Å². The highest BCUT2D eigenvalue weighted by Gasteiger charge is 2.26. The molecule has 2 heterocycles. The Bertz CT molecular complexity index is 777. The SMILES string of the molecule is CC[C@@H](C)C(=O)C(=O)NC[C@H]1Cc2cc(-c3cnccn3)ccc2O1. The Balaban J connectivity index is 1.60. The first-order valence-corrected chi connectivity index (χ1v) is 8.46. The van der Waals surface area contributed by atoms with E-state index in [9.17, 15) is 9.59 Å². The Labute approximate surface area is 146 Å². The third-order valence-corrected chi connectivity index (χ3v) is 4.43. The average molecular weight is 339 g/mol. The third kappa shape index (κ3) is 3.84. The quantitative estimate of drug-likeness (QED) is 0.816. The number of nitrogens with zero attached hydrogens (tertiary/aromatic N) is 2. The van der Waals surface area contributed by atoms with Crippen LogP contribution in [0.2, 0.25) is 0 Å². The van der Waals surface area contributed by atoms with Crippen LogP contribution in [0.1, 0.15) is 25.8 Å². The van der Waals surface area contributed by atoms with E-state index < -0.39 is 5.91 Å². The fourth-order valence-electron chi connectivity index (χ4n) is 2.74. The molecular weight excluding hydrogens is 318 g/mol. The zero-order valence-corrected chi connectivity index (χ0v) is 14.4. The van der Waals surface area contributed by atoms with Gasteiger partial charge in [0.2, 0.25) is 5.78 Å². The van der Waals surface area contributed by atoms with Crippen molar-refractivity contribution in [2.45, 2.75) is 32.8 Å². The van der Waals surface area contributed by atoms with Gasteiger partial charge in [-0.1, -0.05) is 13.8 Å². The number of rotatable bonds is 6.